The number of carbonyl (C=O) groups excluding carboxylic acids is 1. The van der Waals surface area contributed by atoms with Crippen LogP contribution in [0.1, 0.15) is 46.0 Å². The molecule has 1 unspecified atom stereocenters. The lowest BCUT2D eigenvalue weighted by atomic mass is 10.0. The summed E-state index contributed by atoms with van der Waals surface area (Å²) in [6.07, 6.45) is 4.24. The van der Waals surface area contributed by atoms with Crippen LogP contribution in [0.25, 0.3) is 0 Å². The number of carbonyl (C=O) groups is 2. The van der Waals surface area contributed by atoms with Crippen LogP contribution in [0, 0.1) is 5.92 Å². The van der Waals surface area contributed by atoms with Crippen LogP contribution in [0.5, 0.6) is 0 Å². The van der Waals surface area contributed by atoms with E-state index >= 15 is 0 Å². The molecule has 1 saturated carbocycles. The van der Waals surface area contributed by atoms with Crippen LogP contribution >= 0.6 is 0 Å². The van der Waals surface area contributed by atoms with Crippen molar-refractivity contribution in [3.05, 3.63) is 0 Å². The molecule has 6 heteroatoms. The van der Waals surface area contributed by atoms with Crippen LogP contribution in [0.2, 0.25) is 0 Å². The second-order valence-electron chi connectivity index (χ2n) is 5.87. The predicted molar refractivity (Wildman–Crippen MR) is 82.3 cm³/mol. The molecule has 1 aliphatic carbocycles. The lowest BCUT2D eigenvalue weighted by Gasteiger charge is -2.19. The Morgan fingerprint density at radius 2 is 1.90 bits per heavy atom. The van der Waals surface area contributed by atoms with Crippen molar-refractivity contribution in [3.63, 3.8) is 0 Å². The standard InChI is InChI=1S/C15H29N3O3/c1-3-18(13-5-6-13)11-10-17-15(21)16-9-8-12(2)4-7-14(19)20/h12-13H,3-11H2,1-2H3,(H,19,20)(H2,16,17,21). The number of carboxylic acid groups (broad SMARTS) is 1. The van der Waals surface area contributed by atoms with Gasteiger partial charge in [-0.3, -0.25) is 9.69 Å². The van der Waals surface area contributed by atoms with E-state index in [0.29, 0.717) is 25.4 Å². The molecule has 21 heavy (non-hydrogen) atoms. The highest BCUT2D eigenvalue weighted by atomic mass is 16.4. The quantitative estimate of drug-likeness (QED) is 0.542. The third-order valence-corrected chi connectivity index (χ3v) is 3.93. The number of likely N-dealkylation sites (N-methyl/N-ethyl adjacent to an activating group) is 1. The van der Waals surface area contributed by atoms with Gasteiger partial charge in [-0.05, 0) is 38.1 Å². The van der Waals surface area contributed by atoms with Crippen molar-refractivity contribution in [1.82, 2.24) is 15.5 Å². The van der Waals surface area contributed by atoms with Crippen molar-refractivity contribution < 1.29 is 14.7 Å². The number of hydrogen-bond acceptors (Lipinski definition) is 3. The van der Waals surface area contributed by atoms with Crippen molar-refractivity contribution in [3.8, 4) is 0 Å². The van der Waals surface area contributed by atoms with Crippen molar-refractivity contribution in [2.24, 2.45) is 5.92 Å². The third kappa shape index (κ3) is 8.55. The van der Waals surface area contributed by atoms with Gasteiger partial charge in [-0.25, -0.2) is 4.79 Å². The minimum absolute atomic E-state index is 0.132. The average molecular weight is 299 g/mol. The molecule has 1 fully saturated rings. The highest BCUT2D eigenvalue weighted by Gasteiger charge is 2.27. The Morgan fingerprint density at radius 1 is 1.24 bits per heavy atom. The molecule has 0 spiro atoms. The van der Waals surface area contributed by atoms with Gasteiger partial charge in [0.15, 0.2) is 0 Å². The summed E-state index contributed by atoms with van der Waals surface area (Å²) in [4.78, 5) is 24.5. The van der Waals surface area contributed by atoms with Crippen molar-refractivity contribution >= 4 is 12.0 Å². The number of urea groups is 1. The highest BCUT2D eigenvalue weighted by molar-refractivity contribution is 5.73. The van der Waals surface area contributed by atoms with E-state index in [1.807, 2.05) is 6.92 Å². The molecule has 0 bridgehead atoms. The van der Waals surface area contributed by atoms with Gasteiger partial charge < -0.3 is 15.7 Å². The number of nitrogens with zero attached hydrogens (tertiary/aromatic N) is 1. The first-order chi connectivity index (χ1) is 10.0. The van der Waals surface area contributed by atoms with Gasteiger partial charge >= 0.3 is 12.0 Å². The van der Waals surface area contributed by atoms with Crippen LogP contribution in [0.3, 0.4) is 0 Å². The normalized spacial score (nSPS) is 15.8. The molecule has 6 nitrogen and oxygen atoms in total. The molecule has 2 amide bonds. The van der Waals surface area contributed by atoms with E-state index in [1.165, 1.54) is 12.8 Å². The summed E-state index contributed by atoms with van der Waals surface area (Å²) in [6.45, 7) is 7.37. The molecule has 0 radical (unpaired) electrons. The molecule has 1 atom stereocenters. The van der Waals surface area contributed by atoms with E-state index in [4.69, 9.17) is 5.11 Å². The SMILES string of the molecule is CCN(CCNC(=O)NCCC(C)CCC(=O)O)C1CC1. The summed E-state index contributed by atoms with van der Waals surface area (Å²) in [5, 5.41) is 14.3. The number of hydrogen-bond donors (Lipinski definition) is 3. The Labute approximate surface area is 127 Å². The topological polar surface area (TPSA) is 81.7 Å². The van der Waals surface area contributed by atoms with E-state index in [1.54, 1.807) is 0 Å². The monoisotopic (exact) mass is 299 g/mol. The van der Waals surface area contributed by atoms with E-state index in [9.17, 15) is 9.59 Å². The molecule has 1 rings (SSSR count). The second kappa shape index (κ2) is 9.60. The van der Waals surface area contributed by atoms with E-state index in [-0.39, 0.29) is 12.5 Å². The van der Waals surface area contributed by atoms with Gasteiger partial charge in [0.25, 0.3) is 0 Å². The summed E-state index contributed by atoms with van der Waals surface area (Å²) in [7, 11) is 0. The largest absolute Gasteiger partial charge is 0.481 e. The van der Waals surface area contributed by atoms with Crippen LogP contribution in [-0.2, 0) is 4.79 Å². The zero-order chi connectivity index (χ0) is 15.7. The fourth-order valence-electron chi connectivity index (χ4n) is 2.36. The predicted octanol–water partition coefficient (Wildman–Crippen LogP) is 1.66. The highest BCUT2D eigenvalue weighted by Crippen LogP contribution is 2.25. The Kier molecular flexibility index (Phi) is 8.12. The maximum atomic E-state index is 11.6. The number of carboxylic acids is 1. The maximum Gasteiger partial charge on any atom is 0.314 e. The van der Waals surface area contributed by atoms with Crippen LogP contribution < -0.4 is 10.6 Å². The summed E-state index contributed by atoms with van der Waals surface area (Å²) < 4.78 is 0. The zero-order valence-corrected chi connectivity index (χ0v) is 13.2. The Bertz CT molecular complexity index is 332. The van der Waals surface area contributed by atoms with Gasteiger partial charge in [-0.2, -0.15) is 0 Å². The van der Waals surface area contributed by atoms with Crippen LogP contribution in [0.15, 0.2) is 0 Å². The fraction of sp³-hybridized carbons (Fsp3) is 0.867. The molecule has 3 N–H and O–H groups in total. The molecule has 0 saturated heterocycles. The molecule has 122 valence electrons. The molecule has 0 aromatic carbocycles. The van der Waals surface area contributed by atoms with Crippen molar-refractivity contribution in [1.29, 1.82) is 0 Å². The van der Waals surface area contributed by atoms with Gasteiger partial charge in [-0.1, -0.05) is 13.8 Å². The number of rotatable bonds is 11. The minimum Gasteiger partial charge on any atom is -0.481 e. The fourth-order valence-corrected chi connectivity index (χ4v) is 2.36. The zero-order valence-electron chi connectivity index (χ0n) is 13.2. The first-order valence-electron chi connectivity index (χ1n) is 8.00. The molecular formula is C15H29N3O3. The lowest BCUT2D eigenvalue weighted by molar-refractivity contribution is -0.137. The summed E-state index contributed by atoms with van der Waals surface area (Å²) in [6, 6.07) is 0.599. The smallest absolute Gasteiger partial charge is 0.314 e. The summed E-state index contributed by atoms with van der Waals surface area (Å²) in [5.41, 5.74) is 0. The van der Waals surface area contributed by atoms with Gasteiger partial charge in [0.1, 0.15) is 0 Å². The Hall–Kier alpha value is -1.30. The number of aliphatic carboxylic acids is 1. The molecule has 0 heterocycles. The molecule has 0 aliphatic heterocycles. The number of nitrogens with one attached hydrogen (secondary N) is 2. The van der Waals surface area contributed by atoms with E-state index in [2.05, 4.69) is 22.5 Å². The Morgan fingerprint density at radius 3 is 2.48 bits per heavy atom. The third-order valence-electron chi connectivity index (χ3n) is 3.93. The van der Waals surface area contributed by atoms with Gasteiger partial charge in [-0.15, -0.1) is 0 Å². The van der Waals surface area contributed by atoms with Gasteiger partial charge in [0.2, 0.25) is 0 Å². The Balaban J connectivity index is 1.99. The van der Waals surface area contributed by atoms with Gasteiger partial charge in [0, 0.05) is 32.1 Å². The first-order valence-corrected chi connectivity index (χ1v) is 8.00. The van der Waals surface area contributed by atoms with E-state index in [0.717, 1.165) is 25.6 Å². The van der Waals surface area contributed by atoms with Crippen molar-refractivity contribution in [2.75, 3.05) is 26.2 Å². The lowest BCUT2D eigenvalue weighted by Crippen LogP contribution is -2.41. The van der Waals surface area contributed by atoms with Crippen LogP contribution in [0.4, 0.5) is 4.79 Å². The molecular weight excluding hydrogens is 270 g/mol. The molecule has 0 aromatic heterocycles. The molecule has 0 aromatic rings. The number of amides is 2. The minimum atomic E-state index is -0.760. The van der Waals surface area contributed by atoms with Crippen LogP contribution in [-0.4, -0.2) is 54.2 Å². The van der Waals surface area contributed by atoms with E-state index < -0.39 is 5.97 Å². The molecule has 1 aliphatic rings. The summed E-state index contributed by atoms with van der Waals surface area (Å²) >= 11 is 0. The average Bonchev–Trinajstić information content (AvgIpc) is 3.26. The summed E-state index contributed by atoms with van der Waals surface area (Å²) in [5.74, 6) is -0.449. The second-order valence-corrected chi connectivity index (χ2v) is 5.87. The first kappa shape index (κ1) is 17.8. The maximum absolute atomic E-state index is 11.6. The van der Waals surface area contributed by atoms with Crippen molar-refractivity contribution in [2.45, 2.75) is 52.0 Å². The van der Waals surface area contributed by atoms with Gasteiger partial charge in [0.05, 0.1) is 0 Å².